The first-order valence-electron chi connectivity index (χ1n) is 9.59. The van der Waals surface area contributed by atoms with Crippen LogP contribution in [0.1, 0.15) is 22.5 Å². The van der Waals surface area contributed by atoms with Crippen molar-refractivity contribution in [2.75, 3.05) is 20.3 Å². The lowest BCUT2D eigenvalue weighted by Crippen LogP contribution is -2.36. The molecule has 0 saturated heterocycles. The van der Waals surface area contributed by atoms with Crippen LogP contribution in [0.4, 0.5) is 4.79 Å². The number of rotatable bonds is 8. The van der Waals surface area contributed by atoms with Crippen LogP contribution >= 0.6 is 0 Å². The van der Waals surface area contributed by atoms with Gasteiger partial charge in [0.15, 0.2) is 0 Å². The Balaban J connectivity index is 1.47. The average molecular weight is 380 g/mol. The van der Waals surface area contributed by atoms with E-state index in [1.54, 1.807) is 7.11 Å². The molecule has 1 aromatic heterocycles. The SMILES string of the molecule is COCCn1nc(C)c(CNC(=O)NCCc2ccc3ccccc3c2)c1C. The number of ether oxygens (including phenoxy) is 1. The number of benzene rings is 2. The molecule has 6 nitrogen and oxygen atoms in total. The Bertz CT molecular complexity index is 949. The lowest BCUT2D eigenvalue weighted by Gasteiger charge is -2.09. The largest absolute Gasteiger partial charge is 0.383 e. The molecule has 0 spiro atoms. The van der Waals surface area contributed by atoms with Crippen LogP contribution < -0.4 is 10.6 Å². The highest BCUT2D eigenvalue weighted by atomic mass is 16.5. The fraction of sp³-hybridized carbons (Fsp3) is 0.364. The molecule has 0 fully saturated rings. The molecule has 0 saturated carbocycles. The standard InChI is InChI=1S/C22H28N4O2/c1-16-21(17(2)26(25-16)12-13-28-3)15-24-22(27)23-11-10-18-8-9-19-6-4-5-7-20(19)14-18/h4-9,14H,10-13,15H2,1-3H3,(H2,23,24,27). The Hall–Kier alpha value is -2.86. The summed E-state index contributed by atoms with van der Waals surface area (Å²) >= 11 is 0. The van der Waals surface area contributed by atoms with E-state index in [2.05, 4.69) is 46.1 Å². The van der Waals surface area contributed by atoms with Gasteiger partial charge in [0.25, 0.3) is 0 Å². The molecule has 0 aliphatic rings. The summed E-state index contributed by atoms with van der Waals surface area (Å²) in [6.07, 6.45) is 0.797. The molecule has 3 aromatic rings. The molecule has 0 unspecified atom stereocenters. The van der Waals surface area contributed by atoms with E-state index in [0.29, 0.717) is 26.2 Å². The van der Waals surface area contributed by atoms with Crippen molar-refractivity contribution in [2.45, 2.75) is 33.4 Å². The van der Waals surface area contributed by atoms with E-state index in [0.717, 1.165) is 23.4 Å². The Morgan fingerprint density at radius 2 is 1.89 bits per heavy atom. The fourth-order valence-electron chi connectivity index (χ4n) is 3.33. The van der Waals surface area contributed by atoms with Crippen LogP contribution in [-0.4, -0.2) is 36.1 Å². The van der Waals surface area contributed by atoms with Crippen molar-refractivity contribution in [3.05, 3.63) is 65.0 Å². The monoisotopic (exact) mass is 380 g/mol. The second-order valence-corrected chi connectivity index (χ2v) is 6.91. The van der Waals surface area contributed by atoms with Crippen LogP contribution in [0.15, 0.2) is 42.5 Å². The third-order valence-corrected chi connectivity index (χ3v) is 4.98. The summed E-state index contributed by atoms with van der Waals surface area (Å²) in [5.74, 6) is 0. The minimum atomic E-state index is -0.163. The number of carbonyl (C=O) groups is 1. The molecule has 0 radical (unpaired) electrons. The summed E-state index contributed by atoms with van der Waals surface area (Å²) in [6.45, 7) is 6.36. The van der Waals surface area contributed by atoms with Crippen molar-refractivity contribution in [3.63, 3.8) is 0 Å². The molecule has 0 aliphatic carbocycles. The summed E-state index contributed by atoms with van der Waals surface area (Å²) in [7, 11) is 1.68. The second kappa shape index (κ2) is 9.37. The van der Waals surface area contributed by atoms with Gasteiger partial charge in [0.05, 0.1) is 18.8 Å². The molecular formula is C22H28N4O2. The van der Waals surface area contributed by atoms with E-state index < -0.39 is 0 Å². The smallest absolute Gasteiger partial charge is 0.315 e. The predicted octanol–water partition coefficient (Wildman–Crippen LogP) is 3.34. The van der Waals surface area contributed by atoms with Gasteiger partial charge in [0, 0.05) is 31.5 Å². The number of urea groups is 1. The van der Waals surface area contributed by atoms with Gasteiger partial charge >= 0.3 is 6.03 Å². The van der Waals surface area contributed by atoms with Crippen molar-refractivity contribution in [1.29, 1.82) is 0 Å². The molecule has 1 heterocycles. The Kier molecular flexibility index (Phi) is 6.66. The average Bonchev–Trinajstić information content (AvgIpc) is 2.97. The minimum Gasteiger partial charge on any atom is -0.383 e. The third-order valence-electron chi connectivity index (χ3n) is 4.98. The maximum absolute atomic E-state index is 12.2. The Morgan fingerprint density at radius 1 is 1.11 bits per heavy atom. The second-order valence-electron chi connectivity index (χ2n) is 6.91. The van der Waals surface area contributed by atoms with Crippen LogP contribution in [0.2, 0.25) is 0 Å². The van der Waals surface area contributed by atoms with Crippen molar-refractivity contribution in [1.82, 2.24) is 20.4 Å². The number of methoxy groups -OCH3 is 1. The van der Waals surface area contributed by atoms with Crippen molar-refractivity contribution in [3.8, 4) is 0 Å². The highest BCUT2D eigenvalue weighted by Crippen LogP contribution is 2.16. The van der Waals surface area contributed by atoms with E-state index >= 15 is 0 Å². The maximum atomic E-state index is 12.2. The van der Waals surface area contributed by atoms with E-state index in [4.69, 9.17) is 4.74 Å². The number of hydrogen-bond donors (Lipinski definition) is 2. The maximum Gasteiger partial charge on any atom is 0.315 e. The molecule has 6 heteroatoms. The lowest BCUT2D eigenvalue weighted by molar-refractivity contribution is 0.182. The molecule has 28 heavy (non-hydrogen) atoms. The van der Waals surface area contributed by atoms with Crippen LogP contribution in [0.25, 0.3) is 10.8 Å². The number of aromatic nitrogens is 2. The zero-order valence-electron chi connectivity index (χ0n) is 16.8. The highest BCUT2D eigenvalue weighted by Gasteiger charge is 2.12. The number of hydrogen-bond acceptors (Lipinski definition) is 3. The van der Waals surface area contributed by atoms with E-state index in [9.17, 15) is 4.79 Å². The number of amides is 2. The first-order chi connectivity index (χ1) is 13.6. The van der Waals surface area contributed by atoms with Crippen molar-refractivity contribution in [2.24, 2.45) is 0 Å². The topological polar surface area (TPSA) is 68.2 Å². The normalized spacial score (nSPS) is 11.0. The molecule has 0 atom stereocenters. The van der Waals surface area contributed by atoms with E-state index in [-0.39, 0.29) is 6.03 Å². The fourth-order valence-corrected chi connectivity index (χ4v) is 3.33. The van der Waals surface area contributed by atoms with Gasteiger partial charge in [-0.15, -0.1) is 0 Å². The quantitative estimate of drug-likeness (QED) is 0.630. The minimum absolute atomic E-state index is 0.163. The number of carbonyl (C=O) groups excluding carboxylic acids is 1. The summed E-state index contributed by atoms with van der Waals surface area (Å²) in [4.78, 5) is 12.2. The molecular weight excluding hydrogens is 352 g/mol. The van der Waals surface area contributed by atoms with Gasteiger partial charge in [0.1, 0.15) is 0 Å². The van der Waals surface area contributed by atoms with E-state index in [1.807, 2.05) is 30.7 Å². The zero-order chi connectivity index (χ0) is 19.9. The Labute approximate surface area is 165 Å². The molecule has 3 rings (SSSR count). The van der Waals surface area contributed by atoms with Gasteiger partial charge in [-0.1, -0.05) is 42.5 Å². The first kappa shape index (κ1) is 19.9. The zero-order valence-corrected chi connectivity index (χ0v) is 16.8. The number of aryl methyl sites for hydroxylation is 1. The number of nitrogens with one attached hydrogen (secondary N) is 2. The van der Waals surface area contributed by atoms with Crippen molar-refractivity contribution >= 4 is 16.8 Å². The molecule has 0 aliphatic heterocycles. The number of fused-ring (bicyclic) bond motifs is 1. The predicted molar refractivity (Wildman–Crippen MR) is 111 cm³/mol. The molecule has 2 aromatic carbocycles. The van der Waals surface area contributed by atoms with Crippen LogP contribution in [-0.2, 0) is 24.2 Å². The molecule has 0 bridgehead atoms. The van der Waals surface area contributed by atoms with Gasteiger partial charge in [-0.3, -0.25) is 4.68 Å². The first-order valence-corrected chi connectivity index (χ1v) is 9.59. The van der Waals surface area contributed by atoms with Crippen LogP contribution in [0, 0.1) is 13.8 Å². The summed E-state index contributed by atoms with van der Waals surface area (Å²) in [5, 5.41) is 12.8. The third kappa shape index (κ3) is 4.89. The molecule has 2 N–H and O–H groups in total. The van der Waals surface area contributed by atoms with Gasteiger partial charge in [-0.25, -0.2) is 4.79 Å². The molecule has 2 amide bonds. The van der Waals surface area contributed by atoms with Crippen LogP contribution in [0.3, 0.4) is 0 Å². The summed E-state index contributed by atoms with van der Waals surface area (Å²) in [5.41, 5.74) is 4.27. The van der Waals surface area contributed by atoms with Gasteiger partial charge in [-0.2, -0.15) is 5.10 Å². The summed E-state index contributed by atoms with van der Waals surface area (Å²) in [6, 6.07) is 14.5. The van der Waals surface area contributed by atoms with Gasteiger partial charge < -0.3 is 15.4 Å². The van der Waals surface area contributed by atoms with E-state index in [1.165, 1.54) is 16.3 Å². The highest BCUT2D eigenvalue weighted by molar-refractivity contribution is 5.83. The van der Waals surface area contributed by atoms with Crippen molar-refractivity contribution < 1.29 is 9.53 Å². The van der Waals surface area contributed by atoms with Gasteiger partial charge in [0.2, 0.25) is 0 Å². The summed E-state index contributed by atoms with van der Waals surface area (Å²) < 4.78 is 7.04. The lowest BCUT2D eigenvalue weighted by atomic mass is 10.1. The van der Waals surface area contributed by atoms with Crippen LogP contribution in [0.5, 0.6) is 0 Å². The molecule has 148 valence electrons. The van der Waals surface area contributed by atoms with Gasteiger partial charge in [-0.05, 0) is 36.6 Å². The number of nitrogens with zero attached hydrogens (tertiary/aromatic N) is 2. The Morgan fingerprint density at radius 3 is 2.68 bits per heavy atom.